The number of halogens is 1. The Balaban J connectivity index is 1.32. The summed E-state index contributed by atoms with van der Waals surface area (Å²) >= 11 is 0. The van der Waals surface area contributed by atoms with Gasteiger partial charge in [-0.2, -0.15) is 5.26 Å². The van der Waals surface area contributed by atoms with Crippen molar-refractivity contribution in [3.05, 3.63) is 95.3 Å². The summed E-state index contributed by atoms with van der Waals surface area (Å²) in [6.45, 7) is 4.50. The third kappa shape index (κ3) is 6.08. The number of hydrogen-bond donors (Lipinski definition) is 1. The maximum Gasteiger partial charge on any atom is 0.254 e. The van der Waals surface area contributed by atoms with Gasteiger partial charge in [-0.05, 0) is 104 Å². The number of carbonyl (C=O) groups excluding carboxylic acids is 1. The summed E-state index contributed by atoms with van der Waals surface area (Å²) in [5, 5.41) is 13.4. The minimum atomic E-state index is -0.244. The van der Waals surface area contributed by atoms with Crippen LogP contribution in [-0.2, 0) is 6.42 Å². The molecule has 1 aromatic heterocycles. The fraction of sp³-hybridized carbons (Fsp3) is 0.324. The Morgan fingerprint density at radius 2 is 1.78 bits per heavy atom. The van der Waals surface area contributed by atoms with E-state index in [2.05, 4.69) is 21.2 Å². The molecule has 2 saturated heterocycles. The van der Waals surface area contributed by atoms with E-state index < -0.39 is 0 Å². The molecule has 0 unspecified atom stereocenters. The summed E-state index contributed by atoms with van der Waals surface area (Å²) in [6.07, 6.45) is 5.16. The van der Waals surface area contributed by atoms with Crippen LogP contribution in [0.2, 0.25) is 0 Å². The Morgan fingerprint density at radius 1 is 0.976 bits per heavy atom. The molecule has 3 heterocycles. The largest absolute Gasteiger partial charge is 0.370 e. The van der Waals surface area contributed by atoms with E-state index in [0.717, 1.165) is 66.6 Å². The van der Waals surface area contributed by atoms with Crippen molar-refractivity contribution in [3.8, 4) is 17.2 Å². The lowest BCUT2D eigenvalue weighted by Gasteiger charge is -2.29. The number of nitrogens with one attached hydrogen (secondary N) is 1. The molecule has 0 bridgehead atoms. The topological polar surface area (TPSA) is 72.3 Å². The Bertz CT molecular complexity index is 1590. The molecule has 0 radical (unpaired) electrons. The van der Waals surface area contributed by atoms with Crippen LogP contribution in [-0.4, -0.2) is 59.5 Å². The summed E-state index contributed by atoms with van der Waals surface area (Å²) in [5.41, 5.74) is 4.86. The molecule has 0 saturated carbocycles. The van der Waals surface area contributed by atoms with Gasteiger partial charge in [-0.1, -0.05) is 30.3 Å². The van der Waals surface area contributed by atoms with Gasteiger partial charge in [0.25, 0.3) is 5.91 Å². The Kier molecular flexibility index (Phi) is 7.93. The van der Waals surface area contributed by atoms with E-state index in [-0.39, 0.29) is 17.8 Å². The number of amides is 1. The van der Waals surface area contributed by atoms with Gasteiger partial charge in [0, 0.05) is 31.1 Å². The highest BCUT2D eigenvalue weighted by Gasteiger charge is 2.32. The molecule has 208 valence electrons. The van der Waals surface area contributed by atoms with Gasteiger partial charge in [-0.15, -0.1) is 0 Å². The fourth-order valence-electron chi connectivity index (χ4n) is 6.15. The molecule has 3 aromatic carbocycles. The van der Waals surface area contributed by atoms with E-state index in [1.165, 1.54) is 18.9 Å². The summed E-state index contributed by atoms with van der Waals surface area (Å²) in [4.78, 5) is 23.6. The van der Waals surface area contributed by atoms with Crippen molar-refractivity contribution >= 4 is 22.6 Å². The number of rotatable bonds is 8. The molecule has 41 heavy (non-hydrogen) atoms. The number of fused-ring (bicyclic) bond motifs is 1. The zero-order valence-electron chi connectivity index (χ0n) is 23.2. The lowest BCUT2D eigenvalue weighted by molar-refractivity contribution is 0.0710. The molecule has 6 nitrogen and oxygen atoms in total. The van der Waals surface area contributed by atoms with Crippen molar-refractivity contribution in [2.75, 3.05) is 38.0 Å². The number of aromatic nitrogens is 1. The standard InChI is InChI=1S/C34H34FN5O/c35-28-6-3-5-24(19-28)14-15-37-33-21-31(34(41)40-18-4-7-29(40)23-39-16-1-2-17-39)30-20-27(12-13-32(30)38-33)26-10-8-25(22-36)9-11-26/h3,5-6,8-13,19-21,29H,1-2,4,7,14-18,23H2,(H,37,38)/t29-/m0/s1. The molecule has 1 N–H and O–H groups in total. The van der Waals surface area contributed by atoms with E-state index in [1.54, 1.807) is 12.1 Å². The van der Waals surface area contributed by atoms with Crippen LogP contribution in [0.1, 0.15) is 47.2 Å². The first-order chi connectivity index (χ1) is 20.1. The molecule has 0 spiro atoms. The predicted octanol–water partition coefficient (Wildman–Crippen LogP) is 6.27. The quantitative estimate of drug-likeness (QED) is 0.282. The van der Waals surface area contributed by atoms with Gasteiger partial charge in [-0.3, -0.25) is 4.79 Å². The molecule has 2 aliphatic heterocycles. The second-order valence-electron chi connectivity index (χ2n) is 11.1. The zero-order chi connectivity index (χ0) is 28.2. The minimum absolute atomic E-state index is 0.0456. The minimum Gasteiger partial charge on any atom is -0.370 e. The molecular formula is C34H34FN5O. The average molecular weight is 548 g/mol. The number of carbonyl (C=O) groups is 1. The van der Waals surface area contributed by atoms with Crippen molar-refractivity contribution in [3.63, 3.8) is 0 Å². The van der Waals surface area contributed by atoms with Gasteiger partial charge in [0.2, 0.25) is 0 Å². The molecule has 4 aromatic rings. The second kappa shape index (κ2) is 12.1. The molecular weight excluding hydrogens is 513 g/mol. The van der Waals surface area contributed by atoms with E-state index in [9.17, 15) is 14.4 Å². The molecule has 0 aliphatic carbocycles. The van der Waals surface area contributed by atoms with Crippen LogP contribution in [0.5, 0.6) is 0 Å². The smallest absolute Gasteiger partial charge is 0.254 e. The molecule has 2 aliphatic rings. The van der Waals surface area contributed by atoms with Crippen molar-refractivity contribution in [1.29, 1.82) is 5.26 Å². The van der Waals surface area contributed by atoms with Crippen molar-refractivity contribution < 1.29 is 9.18 Å². The third-order valence-electron chi connectivity index (χ3n) is 8.30. The van der Waals surface area contributed by atoms with Crippen LogP contribution in [0.15, 0.2) is 72.8 Å². The highest BCUT2D eigenvalue weighted by molar-refractivity contribution is 6.08. The van der Waals surface area contributed by atoms with Gasteiger partial charge in [-0.25, -0.2) is 9.37 Å². The molecule has 7 heteroatoms. The second-order valence-corrected chi connectivity index (χ2v) is 11.1. The van der Waals surface area contributed by atoms with Crippen LogP contribution < -0.4 is 5.32 Å². The molecule has 2 fully saturated rings. The Hall–Kier alpha value is -4.28. The monoisotopic (exact) mass is 547 g/mol. The predicted molar refractivity (Wildman–Crippen MR) is 160 cm³/mol. The molecule has 1 amide bonds. The van der Waals surface area contributed by atoms with E-state index in [0.29, 0.717) is 29.9 Å². The average Bonchev–Trinajstić information content (AvgIpc) is 3.69. The lowest BCUT2D eigenvalue weighted by atomic mass is 9.99. The van der Waals surface area contributed by atoms with Crippen LogP contribution in [0.25, 0.3) is 22.0 Å². The summed E-state index contributed by atoms with van der Waals surface area (Å²) in [6, 6.07) is 24.4. The van der Waals surface area contributed by atoms with E-state index >= 15 is 0 Å². The maximum atomic E-state index is 14.2. The van der Waals surface area contributed by atoms with Gasteiger partial charge in [0.05, 0.1) is 22.7 Å². The molecule has 1 atom stereocenters. The lowest BCUT2D eigenvalue weighted by Crippen LogP contribution is -2.42. The normalized spacial score (nSPS) is 17.2. The first-order valence-electron chi connectivity index (χ1n) is 14.5. The summed E-state index contributed by atoms with van der Waals surface area (Å²) < 4.78 is 13.6. The number of nitrogens with zero attached hydrogens (tertiary/aromatic N) is 4. The number of hydrogen-bond acceptors (Lipinski definition) is 5. The molecule has 6 rings (SSSR count). The van der Waals surface area contributed by atoms with Gasteiger partial charge in [0.15, 0.2) is 0 Å². The van der Waals surface area contributed by atoms with E-state index in [4.69, 9.17) is 4.98 Å². The van der Waals surface area contributed by atoms with Crippen LogP contribution in [0.4, 0.5) is 10.2 Å². The number of likely N-dealkylation sites (tertiary alicyclic amines) is 2. The van der Waals surface area contributed by atoms with Crippen molar-refractivity contribution in [2.45, 2.75) is 38.1 Å². The Morgan fingerprint density at radius 3 is 2.56 bits per heavy atom. The van der Waals surface area contributed by atoms with Gasteiger partial charge >= 0.3 is 0 Å². The van der Waals surface area contributed by atoms with Gasteiger partial charge < -0.3 is 15.1 Å². The summed E-state index contributed by atoms with van der Waals surface area (Å²) in [5.74, 6) is 0.439. The first kappa shape index (κ1) is 26.9. The van der Waals surface area contributed by atoms with Gasteiger partial charge in [0.1, 0.15) is 11.6 Å². The fourth-order valence-corrected chi connectivity index (χ4v) is 6.15. The number of pyridine rings is 1. The van der Waals surface area contributed by atoms with Crippen molar-refractivity contribution in [2.24, 2.45) is 0 Å². The third-order valence-corrected chi connectivity index (χ3v) is 8.30. The highest BCUT2D eigenvalue weighted by atomic mass is 19.1. The highest BCUT2D eigenvalue weighted by Crippen LogP contribution is 2.31. The number of nitriles is 1. The first-order valence-corrected chi connectivity index (χ1v) is 14.5. The number of benzene rings is 3. The van der Waals surface area contributed by atoms with Crippen LogP contribution >= 0.6 is 0 Å². The Labute approximate surface area is 240 Å². The van der Waals surface area contributed by atoms with Crippen LogP contribution in [0, 0.1) is 17.1 Å². The number of anilines is 1. The van der Waals surface area contributed by atoms with E-state index in [1.807, 2.05) is 54.6 Å². The maximum absolute atomic E-state index is 14.2. The van der Waals surface area contributed by atoms with Crippen LogP contribution in [0.3, 0.4) is 0 Å². The van der Waals surface area contributed by atoms with Crippen molar-refractivity contribution in [1.82, 2.24) is 14.8 Å². The zero-order valence-corrected chi connectivity index (χ0v) is 23.2. The summed E-state index contributed by atoms with van der Waals surface area (Å²) in [7, 11) is 0. The SMILES string of the molecule is N#Cc1ccc(-c2ccc3nc(NCCc4cccc(F)c4)cc(C(=O)N4CCC[C@H]4CN4CCCC4)c3c2)cc1.